The molecule has 0 atom stereocenters. The minimum atomic E-state index is 0.673. The fraction of sp³-hybridized carbons (Fsp3) is 0.125. The van der Waals surface area contributed by atoms with E-state index in [1.807, 2.05) is 24.3 Å². The Morgan fingerprint density at radius 2 is 1.50 bits per heavy atom. The van der Waals surface area contributed by atoms with E-state index in [1.165, 1.54) is 0 Å². The molecule has 0 aliphatic carbocycles. The van der Waals surface area contributed by atoms with E-state index in [9.17, 15) is 0 Å². The highest BCUT2D eigenvalue weighted by Gasteiger charge is 2.12. The highest BCUT2D eigenvalue weighted by Crippen LogP contribution is 2.38. The Morgan fingerprint density at radius 1 is 0.875 bits per heavy atom. The Balaban J connectivity index is 1.70. The number of nitrogens with zero attached hydrogens (tertiary/aromatic N) is 2. The fourth-order valence-corrected chi connectivity index (χ4v) is 4.71. The molecule has 2 aromatic carbocycles. The number of halogens is 1. The molecule has 8 heteroatoms. The van der Waals surface area contributed by atoms with Crippen LogP contribution in [0.25, 0.3) is 20.4 Å². The van der Waals surface area contributed by atoms with Gasteiger partial charge < -0.3 is 14.8 Å². The average molecular weight is 422 g/mol. The van der Waals surface area contributed by atoms with E-state index >= 15 is 0 Å². The van der Waals surface area contributed by atoms with E-state index in [1.54, 1.807) is 36.9 Å². The molecule has 0 saturated heterocycles. The first kappa shape index (κ1) is 15.6. The van der Waals surface area contributed by atoms with Crippen LogP contribution < -0.4 is 14.8 Å². The van der Waals surface area contributed by atoms with Gasteiger partial charge in [0.25, 0.3) is 0 Å². The summed E-state index contributed by atoms with van der Waals surface area (Å²) >= 11 is 6.63. The van der Waals surface area contributed by atoms with Gasteiger partial charge in [-0.3, -0.25) is 0 Å². The van der Waals surface area contributed by atoms with E-state index < -0.39 is 0 Å². The Bertz CT molecular complexity index is 1000. The molecule has 0 spiro atoms. The molecule has 0 aliphatic heterocycles. The zero-order chi connectivity index (χ0) is 16.7. The molecule has 2 aromatic heterocycles. The molecule has 1 N–H and O–H groups in total. The number of benzene rings is 2. The summed E-state index contributed by atoms with van der Waals surface area (Å²) in [6.07, 6.45) is 0. The maximum atomic E-state index is 5.34. The zero-order valence-corrected chi connectivity index (χ0v) is 16.0. The predicted octanol–water partition coefficient (Wildman–Crippen LogP) is 5.43. The minimum Gasteiger partial charge on any atom is -0.493 e. The molecule has 5 nitrogen and oxygen atoms in total. The second-order valence-electron chi connectivity index (χ2n) is 4.95. The highest BCUT2D eigenvalue weighted by atomic mass is 79.9. The number of hydrogen-bond acceptors (Lipinski definition) is 7. The van der Waals surface area contributed by atoms with Crippen LogP contribution in [-0.2, 0) is 0 Å². The van der Waals surface area contributed by atoms with Gasteiger partial charge in [0, 0.05) is 16.6 Å². The van der Waals surface area contributed by atoms with Crippen molar-refractivity contribution in [3.8, 4) is 11.5 Å². The summed E-state index contributed by atoms with van der Waals surface area (Å²) in [6, 6.07) is 9.86. The van der Waals surface area contributed by atoms with Crippen LogP contribution >= 0.6 is 38.6 Å². The van der Waals surface area contributed by atoms with Crippen molar-refractivity contribution in [2.75, 3.05) is 19.5 Å². The number of hydrogen-bond donors (Lipinski definition) is 1. The molecule has 0 aliphatic rings. The van der Waals surface area contributed by atoms with Crippen LogP contribution in [0.1, 0.15) is 0 Å². The number of anilines is 2. The molecule has 0 bridgehead atoms. The van der Waals surface area contributed by atoms with Crippen molar-refractivity contribution in [3.05, 3.63) is 34.8 Å². The van der Waals surface area contributed by atoms with Crippen molar-refractivity contribution in [1.82, 2.24) is 9.97 Å². The third-order valence-electron chi connectivity index (χ3n) is 3.46. The van der Waals surface area contributed by atoms with Crippen molar-refractivity contribution in [3.63, 3.8) is 0 Å². The average Bonchev–Trinajstić information content (AvgIpc) is 3.15. The van der Waals surface area contributed by atoms with Gasteiger partial charge in [-0.1, -0.05) is 38.6 Å². The summed E-state index contributed by atoms with van der Waals surface area (Å²) in [5.74, 6) is 1.37. The lowest BCUT2D eigenvalue weighted by molar-refractivity contribution is 0.356. The van der Waals surface area contributed by atoms with Crippen molar-refractivity contribution >= 4 is 69.3 Å². The Labute approximate surface area is 154 Å². The number of nitrogens with one attached hydrogen (secondary N) is 1. The highest BCUT2D eigenvalue weighted by molar-refractivity contribution is 9.10. The smallest absolute Gasteiger partial charge is 0.190 e. The first-order valence-electron chi connectivity index (χ1n) is 7.02. The number of aromatic nitrogens is 2. The lowest BCUT2D eigenvalue weighted by Crippen LogP contribution is -1.90. The summed E-state index contributed by atoms with van der Waals surface area (Å²) < 4.78 is 13.9. The summed E-state index contributed by atoms with van der Waals surface area (Å²) in [5.41, 5.74) is 1.83. The fourth-order valence-electron chi connectivity index (χ4n) is 2.35. The monoisotopic (exact) mass is 421 g/mol. The van der Waals surface area contributed by atoms with Gasteiger partial charge >= 0.3 is 0 Å². The molecule has 0 unspecified atom stereocenters. The minimum absolute atomic E-state index is 0.673. The van der Waals surface area contributed by atoms with Crippen LogP contribution in [0.3, 0.4) is 0 Å². The third-order valence-corrected chi connectivity index (χ3v) is 5.82. The number of methoxy groups -OCH3 is 2. The molecule has 122 valence electrons. The maximum absolute atomic E-state index is 5.34. The first-order valence-corrected chi connectivity index (χ1v) is 9.44. The van der Waals surface area contributed by atoms with Crippen molar-refractivity contribution in [2.24, 2.45) is 0 Å². The lowest BCUT2D eigenvalue weighted by Gasteiger charge is -2.05. The topological polar surface area (TPSA) is 56.3 Å². The molecule has 0 fully saturated rings. The molecular formula is C16H12BrN3O2S2. The van der Waals surface area contributed by atoms with Gasteiger partial charge in [0.2, 0.25) is 0 Å². The first-order chi connectivity index (χ1) is 11.7. The standard InChI is InChI=1S/C16H12BrN3O2S2/c1-21-11-6-10-14(7-12(11)22-2)24-16(19-10)20-15-18-9-4-3-8(17)5-13(9)23-15/h3-7H,1-2H3,(H,18,19,20). The summed E-state index contributed by atoms with van der Waals surface area (Å²) in [4.78, 5) is 9.20. The van der Waals surface area contributed by atoms with Gasteiger partial charge in [0.1, 0.15) is 0 Å². The van der Waals surface area contributed by atoms with Gasteiger partial charge in [0.05, 0.1) is 34.7 Å². The van der Waals surface area contributed by atoms with E-state index in [4.69, 9.17) is 9.47 Å². The van der Waals surface area contributed by atoms with Crippen LogP contribution in [0.4, 0.5) is 10.3 Å². The Hall–Kier alpha value is -1.90. The number of thiazole rings is 2. The second kappa shape index (κ2) is 6.19. The van der Waals surface area contributed by atoms with Crippen LogP contribution in [0.2, 0.25) is 0 Å². The van der Waals surface area contributed by atoms with E-state index in [2.05, 4.69) is 37.3 Å². The number of ether oxygens (including phenoxy) is 2. The largest absolute Gasteiger partial charge is 0.493 e. The zero-order valence-electron chi connectivity index (χ0n) is 12.8. The Morgan fingerprint density at radius 3 is 2.21 bits per heavy atom. The predicted molar refractivity (Wildman–Crippen MR) is 103 cm³/mol. The van der Waals surface area contributed by atoms with Crippen molar-refractivity contribution in [1.29, 1.82) is 0 Å². The summed E-state index contributed by atoms with van der Waals surface area (Å²) in [5, 5.41) is 4.91. The third kappa shape index (κ3) is 2.81. The summed E-state index contributed by atoms with van der Waals surface area (Å²) in [6.45, 7) is 0. The van der Waals surface area contributed by atoms with Crippen molar-refractivity contribution < 1.29 is 9.47 Å². The van der Waals surface area contributed by atoms with Gasteiger partial charge in [-0.2, -0.15) is 0 Å². The van der Waals surface area contributed by atoms with Crippen molar-refractivity contribution in [2.45, 2.75) is 0 Å². The second-order valence-corrected chi connectivity index (χ2v) is 7.93. The number of rotatable bonds is 4. The molecule has 2 heterocycles. The normalized spacial score (nSPS) is 11.1. The van der Waals surface area contributed by atoms with Crippen LogP contribution in [0.5, 0.6) is 11.5 Å². The maximum Gasteiger partial charge on any atom is 0.190 e. The molecular weight excluding hydrogens is 410 g/mol. The van der Waals surface area contributed by atoms with Gasteiger partial charge in [-0.25, -0.2) is 9.97 Å². The van der Waals surface area contributed by atoms with Crippen LogP contribution in [0, 0.1) is 0 Å². The summed E-state index contributed by atoms with van der Waals surface area (Å²) in [7, 11) is 3.25. The van der Waals surface area contributed by atoms with Crippen LogP contribution in [0.15, 0.2) is 34.8 Å². The quantitative estimate of drug-likeness (QED) is 0.475. The van der Waals surface area contributed by atoms with E-state index in [0.29, 0.717) is 11.5 Å². The van der Waals surface area contributed by atoms with E-state index in [-0.39, 0.29) is 0 Å². The molecule has 0 radical (unpaired) electrons. The SMILES string of the molecule is COc1cc2nc(Nc3nc4ccc(Br)cc4s3)sc2cc1OC. The molecule has 0 amide bonds. The molecule has 0 saturated carbocycles. The van der Waals surface area contributed by atoms with Crippen LogP contribution in [-0.4, -0.2) is 24.2 Å². The Kier molecular flexibility index (Phi) is 4.03. The molecule has 4 aromatic rings. The van der Waals surface area contributed by atoms with Gasteiger partial charge in [-0.05, 0) is 18.2 Å². The van der Waals surface area contributed by atoms with Gasteiger partial charge in [-0.15, -0.1) is 0 Å². The molecule has 4 rings (SSSR count). The van der Waals surface area contributed by atoms with E-state index in [0.717, 1.165) is 35.2 Å². The molecule has 24 heavy (non-hydrogen) atoms. The number of fused-ring (bicyclic) bond motifs is 2. The lowest BCUT2D eigenvalue weighted by atomic mass is 10.3. The van der Waals surface area contributed by atoms with Gasteiger partial charge in [0.15, 0.2) is 21.8 Å².